The number of halogens is 2. The van der Waals surface area contributed by atoms with Crippen LogP contribution in [0.4, 0.5) is 14.6 Å². The summed E-state index contributed by atoms with van der Waals surface area (Å²) in [5.41, 5.74) is 5.06. The molecule has 3 aliphatic rings. The molecule has 1 atom stereocenters. The van der Waals surface area contributed by atoms with Crippen LogP contribution in [0.5, 0.6) is 0 Å². The van der Waals surface area contributed by atoms with Gasteiger partial charge < -0.3 is 4.98 Å². The van der Waals surface area contributed by atoms with Crippen molar-refractivity contribution in [3.8, 4) is 28.6 Å². The van der Waals surface area contributed by atoms with Gasteiger partial charge in [0, 0.05) is 40.9 Å². The summed E-state index contributed by atoms with van der Waals surface area (Å²) in [6.07, 6.45) is 5.22. The van der Waals surface area contributed by atoms with Gasteiger partial charge in [0.05, 0.1) is 18.2 Å². The van der Waals surface area contributed by atoms with Crippen LogP contribution < -0.4 is 4.90 Å². The van der Waals surface area contributed by atoms with E-state index in [0.29, 0.717) is 51.9 Å². The van der Waals surface area contributed by atoms with Crippen LogP contribution in [0.15, 0.2) is 48.8 Å². The first-order chi connectivity index (χ1) is 20.0. The topological polar surface area (TPSA) is 102 Å². The van der Waals surface area contributed by atoms with Crippen LogP contribution in [0.25, 0.3) is 22.5 Å². The predicted octanol–water partition coefficient (Wildman–Crippen LogP) is 5.52. The molecule has 8 nitrogen and oxygen atoms in total. The Hall–Kier alpha value is -4.49. The lowest BCUT2D eigenvalue weighted by Gasteiger charge is -2.22. The number of nitrogens with zero attached hydrogens (tertiary/aromatic N) is 6. The summed E-state index contributed by atoms with van der Waals surface area (Å²) >= 11 is 0. The van der Waals surface area contributed by atoms with Gasteiger partial charge in [0.1, 0.15) is 24.6 Å². The van der Waals surface area contributed by atoms with Crippen LogP contribution in [0.3, 0.4) is 0 Å². The zero-order chi connectivity index (χ0) is 28.1. The van der Waals surface area contributed by atoms with Gasteiger partial charge in [0.2, 0.25) is 0 Å². The highest BCUT2D eigenvalue weighted by Gasteiger charge is 2.35. The molecule has 0 spiro atoms. The summed E-state index contributed by atoms with van der Waals surface area (Å²) < 4.78 is 28.8. The number of pyridine rings is 1. The van der Waals surface area contributed by atoms with Crippen LogP contribution in [0, 0.1) is 17.1 Å². The largest absolute Gasteiger partial charge is 0.328 e. The number of benzene rings is 2. The fourth-order valence-corrected chi connectivity index (χ4v) is 6.03. The number of aromatic nitrogens is 4. The SMILES string of the molecule is N#Cc1ccc(-c2cc(C3CC3)nc(N3Cc4c(F)cc(CN5CCC[C@@H]5CF)cc4C3=O)c2)c(-c2nnc[nH]2)c1. The van der Waals surface area contributed by atoms with E-state index in [1.54, 1.807) is 18.2 Å². The summed E-state index contributed by atoms with van der Waals surface area (Å²) in [4.78, 5) is 25.2. The Morgan fingerprint density at radius 2 is 1.95 bits per heavy atom. The van der Waals surface area contributed by atoms with Gasteiger partial charge in [-0.25, -0.2) is 13.8 Å². The number of hydrogen-bond acceptors (Lipinski definition) is 6. The van der Waals surface area contributed by atoms with Crippen LogP contribution in [-0.2, 0) is 13.1 Å². The average molecular weight is 552 g/mol. The van der Waals surface area contributed by atoms with Gasteiger partial charge in [0.15, 0.2) is 5.82 Å². The van der Waals surface area contributed by atoms with Crippen molar-refractivity contribution in [2.24, 2.45) is 0 Å². The Kier molecular flexibility index (Phi) is 6.31. The number of nitrogens with one attached hydrogen (secondary N) is 1. The third-order valence-corrected chi connectivity index (χ3v) is 8.35. The van der Waals surface area contributed by atoms with Crippen molar-refractivity contribution in [2.45, 2.75) is 50.7 Å². The molecule has 0 radical (unpaired) electrons. The van der Waals surface area contributed by atoms with Gasteiger partial charge in [-0.05, 0) is 85.3 Å². The second-order valence-electron chi connectivity index (χ2n) is 11.0. The molecule has 2 aromatic heterocycles. The quantitative estimate of drug-likeness (QED) is 0.325. The number of fused-ring (bicyclic) bond motifs is 1. The molecule has 41 heavy (non-hydrogen) atoms. The number of H-pyrrole nitrogens is 1. The Balaban J connectivity index is 1.26. The third-order valence-electron chi connectivity index (χ3n) is 8.35. The average Bonchev–Trinajstić information content (AvgIpc) is 3.35. The second kappa shape index (κ2) is 10.2. The summed E-state index contributed by atoms with van der Waals surface area (Å²) in [6.45, 7) is 0.830. The van der Waals surface area contributed by atoms with E-state index in [4.69, 9.17) is 4.98 Å². The predicted molar refractivity (Wildman–Crippen MR) is 148 cm³/mol. The number of rotatable bonds is 7. The van der Waals surface area contributed by atoms with Crippen LogP contribution in [0.1, 0.15) is 64.3 Å². The molecule has 2 aliphatic heterocycles. The standard InChI is InChI=1S/C31H27F2N7O/c32-13-22-2-1-7-39(22)15-19-9-25-26(27(33)10-19)16-40(31(25)41)29-12-21(11-28(37-29)20-4-5-20)23-6-3-18(14-34)8-24(23)30-35-17-36-38-30/h3,6,8-12,17,20,22H,1-2,4-5,7,13,15-16H2,(H,35,36,38)/t22-/m1/s1. The number of hydrogen-bond donors (Lipinski definition) is 1. The van der Waals surface area contributed by atoms with E-state index in [-0.39, 0.29) is 18.5 Å². The molecule has 1 aliphatic carbocycles. The minimum atomic E-state index is -0.428. The third kappa shape index (κ3) is 4.66. The Labute approximate surface area is 235 Å². The zero-order valence-electron chi connectivity index (χ0n) is 22.3. The van der Waals surface area contributed by atoms with Gasteiger partial charge in [-0.3, -0.25) is 14.6 Å². The molecule has 1 saturated heterocycles. The lowest BCUT2D eigenvalue weighted by atomic mass is 9.96. The molecule has 206 valence electrons. The van der Waals surface area contributed by atoms with Crippen LogP contribution in [-0.4, -0.2) is 50.2 Å². The molecule has 1 amide bonds. The molecule has 10 heteroatoms. The van der Waals surface area contributed by atoms with E-state index >= 15 is 4.39 Å². The van der Waals surface area contributed by atoms with Crippen molar-refractivity contribution < 1.29 is 13.6 Å². The zero-order valence-corrected chi connectivity index (χ0v) is 22.3. The lowest BCUT2D eigenvalue weighted by Crippen LogP contribution is -2.30. The number of carbonyl (C=O) groups is 1. The highest BCUT2D eigenvalue weighted by atomic mass is 19.1. The molecule has 4 heterocycles. The molecular formula is C31H27F2N7O. The van der Waals surface area contributed by atoms with E-state index in [2.05, 4.69) is 21.3 Å². The van der Waals surface area contributed by atoms with Crippen LogP contribution in [0.2, 0.25) is 0 Å². The van der Waals surface area contributed by atoms with Gasteiger partial charge >= 0.3 is 0 Å². The number of alkyl halides is 1. The first-order valence-electron chi connectivity index (χ1n) is 13.9. The van der Waals surface area contributed by atoms with Crippen molar-refractivity contribution in [2.75, 3.05) is 18.1 Å². The van der Waals surface area contributed by atoms with E-state index in [1.807, 2.05) is 23.1 Å². The van der Waals surface area contributed by atoms with Gasteiger partial charge in [-0.1, -0.05) is 6.07 Å². The summed E-state index contributed by atoms with van der Waals surface area (Å²) in [5, 5.41) is 17.6. The first kappa shape index (κ1) is 25.5. The normalized spacial score (nSPS) is 18.6. The fraction of sp³-hybridized carbons (Fsp3) is 0.323. The minimum absolute atomic E-state index is 0.0833. The van der Waals surface area contributed by atoms with Gasteiger partial charge in [-0.15, -0.1) is 10.2 Å². The van der Waals surface area contributed by atoms with E-state index in [1.165, 1.54) is 17.3 Å². The van der Waals surface area contributed by atoms with Crippen molar-refractivity contribution in [1.29, 1.82) is 5.26 Å². The summed E-state index contributed by atoms with van der Waals surface area (Å²) in [7, 11) is 0. The van der Waals surface area contributed by atoms with Crippen molar-refractivity contribution >= 4 is 11.7 Å². The number of aromatic amines is 1. The minimum Gasteiger partial charge on any atom is -0.328 e. The van der Waals surface area contributed by atoms with Crippen molar-refractivity contribution in [1.82, 2.24) is 25.1 Å². The van der Waals surface area contributed by atoms with Crippen LogP contribution >= 0.6 is 0 Å². The van der Waals surface area contributed by atoms with Crippen molar-refractivity contribution in [3.05, 3.63) is 82.6 Å². The molecular weight excluding hydrogens is 524 g/mol. The molecule has 4 aromatic rings. The molecule has 7 rings (SSSR count). The number of nitriles is 1. The smallest absolute Gasteiger partial charge is 0.260 e. The maximum absolute atomic E-state index is 15.4. The number of amides is 1. The monoisotopic (exact) mass is 551 g/mol. The highest BCUT2D eigenvalue weighted by molar-refractivity contribution is 6.10. The molecule has 0 bridgehead atoms. The number of carbonyl (C=O) groups excluding carboxylic acids is 1. The number of anilines is 1. The van der Waals surface area contributed by atoms with Gasteiger partial charge in [0.25, 0.3) is 5.91 Å². The van der Waals surface area contributed by atoms with E-state index < -0.39 is 12.5 Å². The molecule has 1 saturated carbocycles. The van der Waals surface area contributed by atoms with Crippen molar-refractivity contribution in [3.63, 3.8) is 0 Å². The second-order valence-corrected chi connectivity index (χ2v) is 11.0. The molecule has 1 N–H and O–H groups in total. The number of likely N-dealkylation sites (tertiary alicyclic amines) is 1. The fourth-order valence-electron chi connectivity index (χ4n) is 6.03. The maximum Gasteiger partial charge on any atom is 0.260 e. The lowest BCUT2D eigenvalue weighted by molar-refractivity contribution is 0.0995. The first-order valence-corrected chi connectivity index (χ1v) is 13.9. The summed E-state index contributed by atoms with van der Waals surface area (Å²) in [5.74, 6) is 0.550. The highest BCUT2D eigenvalue weighted by Crippen LogP contribution is 2.43. The van der Waals surface area contributed by atoms with E-state index in [9.17, 15) is 14.4 Å². The van der Waals surface area contributed by atoms with E-state index in [0.717, 1.165) is 49.0 Å². The Morgan fingerprint density at radius 1 is 1.07 bits per heavy atom. The Bertz CT molecular complexity index is 1690. The maximum atomic E-state index is 15.4. The Morgan fingerprint density at radius 3 is 2.71 bits per heavy atom. The molecule has 0 unspecified atom stereocenters. The molecule has 2 aromatic carbocycles. The van der Waals surface area contributed by atoms with Gasteiger partial charge in [-0.2, -0.15) is 5.26 Å². The summed E-state index contributed by atoms with van der Waals surface area (Å²) in [6, 6.07) is 14.5. The molecule has 2 fully saturated rings.